The molecule has 4 amide bonds. The zero-order chi connectivity index (χ0) is 33.5. The summed E-state index contributed by atoms with van der Waals surface area (Å²) in [6.45, 7) is 14.3. The van der Waals surface area contributed by atoms with E-state index in [2.05, 4.69) is 21.3 Å². The number of unbranched alkanes of at least 4 members (excludes halogenated alkanes) is 1. The summed E-state index contributed by atoms with van der Waals surface area (Å²) in [4.78, 5) is 54.1. The number of likely N-dealkylation sites (tertiary alicyclic amines) is 1. The molecule has 45 heavy (non-hydrogen) atoms. The number of rotatable bonds is 14. The first-order valence-corrected chi connectivity index (χ1v) is 17.2. The minimum Gasteiger partial charge on any atom is -0.367 e. The van der Waals surface area contributed by atoms with Crippen LogP contribution in [0.1, 0.15) is 80.6 Å². The number of carbonyl (C=O) groups is 4. The van der Waals surface area contributed by atoms with Crippen LogP contribution in [0.3, 0.4) is 0 Å². The molecule has 0 saturated carbocycles. The van der Waals surface area contributed by atoms with Gasteiger partial charge in [-0.1, -0.05) is 67.3 Å². The second-order valence-electron chi connectivity index (χ2n) is 13.9. The molecule has 2 fully saturated rings. The van der Waals surface area contributed by atoms with Crippen LogP contribution in [0.25, 0.3) is 0 Å². The fourth-order valence-electron chi connectivity index (χ4n) is 5.47. The summed E-state index contributed by atoms with van der Waals surface area (Å²) in [5, 5.41) is 11.4. The van der Waals surface area contributed by atoms with Gasteiger partial charge in [0.05, 0.1) is 11.8 Å². The van der Waals surface area contributed by atoms with Crippen molar-refractivity contribution in [3.8, 4) is 0 Å². The fraction of sp³-hybridized carbons (Fsp3) is 0.833. The van der Waals surface area contributed by atoms with Crippen molar-refractivity contribution in [2.75, 3.05) is 39.5 Å². The summed E-state index contributed by atoms with van der Waals surface area (Å²) in [6, 6.07) is -3.33. The van der Waals surface area contributed by atoms with E-state index in [9.17, 15) is 27.6 Å². The molecule has 5 atom stereocenters. The maximum Gasteiger partial charge on any atom is 0.315 e. The van der Waals surface area contributed by atoms with Crippen LogP contribution >= 0.6 is 0 Å². The number of carbonyl (C=O) groups excluding carboxylic acids is 4. The van der Waals surface area contributed by atoms with E-state index < -0.39 is 69.0 Å². The maximum absolute atomic E-state index is 14.1. The summed E-state index contributed by atoms with van der Waals surface area (Å²) in [6.07, 6.45) is 4.30. The number of methoxy groups -OCH3 is 1. The van der Waals surface area contributed by atoms with Crippen LogP contribution in [0.2, 0.25) is 0 Å². The van der Waals surface area contributed by atoms with Crippen LogP contribution in [0.4, 0.5) is 4.79 Å². The fourth-order valence-corrected chi connectivity index (χ4v) is 7.01. The van der Waals surface area contributed by atoms with Gasteiger partial charge in [-0.15, -0.1) is 0 Å². The third-order valence-corrected chi connectivity index (χ3v) is 10.2. The molecule has 2 rings (SSSR count). The second-order valence-corrected chi connectivity index (χ2v) is 16.0. The van der Waals surface area contributed by atoms with E-state index in [1.165, 1.54) is 18.5 Å². The number of ketones is 1. The minimum absolute atomic E-state index is 0. The van der Waals surface area contributed by atoms with Crippen molar-refractivity contribution in [3.63, 3.8) is 0 Å². The third-order valence-electron chi connectivity index (χ3n) is 8.29. The van der Waals surface area contributed by atoms with E-state index >= 15 is 0 Å². The zero-order valence-corrected chi connectivity index (χ0v) is 33.5. The van der Waals surface area contributed by atoms with Crippen molar-refractivity contribution in [2.45, 2.75) is 111 Å². The van der Waals surface area contributed by atoms with Crippen molar-refractivity contribution < 1.29 is 63.4 Å². The summed E-state index contributed by atoms with van der Waals surface area (Å²) < 4.78 is 32.1. The minimum atomic E-state index is -3.36. The van der Waals surface area contributed by atoms with Gasteiger partial charge in [0, 0.05) is 64.4 Å². The number of hydrogen-bond acceptors (Lipinski definition) is 8. The number of nitrogens with zero attached hydrogens (tertiary/aromatic N) is 2. The molecule has 0 bridgehead atoms. The van der Waals surface area contributed by atoms with Crippen LogP contribution in [0.15, 0.2) is 0 Å². The quantitative estimate of drug-likeness (QED) is 0.116. The standard InChI is InChI=1S/C30H55N6O7S.U/c1-10-11-14-20(23(37)25(38)31-8)32-26(43-9)21-15-12-17-36(21)27(39)24(30(5,6)7)34-28(40)33-22(29(2,3)4)19-35-16-13-18-44(35,41)42;/h15,20-22,24,26,32H,10-14,16-19H2,1-9H3,(H,31,38)(H2,33,34,40);/q-1;/t20?,21-,22+,24+,26?;/m0./s1. The molecule has 0 radical (unpaired) electrons. The zero-order valence-electron chi connectivity index (χ0n) is 28.5. The molecule has 4 N–H and O–H groups in total. The normalized spacial score (nSPS) is 21.3. The molecular weight excluding hydrogens is 826 g/mol. The molecule has 15 heteroatoms. The molecule has 13 nitrogen and oxygen atoms in total. The van der Waals surface area contributed by atoms with Gasteiger partial charge in [0.25, 0.3) is 5.91 Å². The summed E-state index contributed by atoms with van der Waals surface area (Å²) >= 11 is 0. The number of hydrogen-bond donors (Lipinski definition) is 4. The van der Waals surface area contributed by atoms with Crippen LogP contribution in [-0.4, -0.2) is 111 Å². The van der Waals surface area contributed by atoms with E-state index in [-0.39, 0.29) is 49.3 Å². The number of amides is 4. The van der Waals surface area contributed by atoms with Crippen molar-refractivity contribution in [2.24, 2.45) is 10.8 Å². The van der Waals surface area contributed by atoms with Gasteiger partial charge in [0.15, 0.2) is 0 Å². The molecule has 2 unspecified atom stereocenters. The van der Waals surface area contributed by atoms with Gasteiger partial charge >= 0.3 is 6.03 Å². The van der Waals surface area contributed by atoms with Crippen LogP contribution in [0, 0.1) is 48.4 Å². The summed E-state index contributed by atoms with van der Waals surface area (Å²) in [5.74, 6) is -1.51. The third kappa shape index (κ3) is 11.7. The van der Waals surface area contributed by atoms with E-state index in [0.29, 0.717) is 32.4 Å². The van der Waals surface area contributed by atoms with E-state index in [1.54, 1.807) is 4.90 Å². The van der Waals surface area contributed by atoms with Crippen LogP contribution in [-0.2, 0) is 29.1 Å². The molecule has 0 aromatic carbocycles. The van der Waals surface area contributed by atoms with Crippen molar-refractivity contribution in [3.05, 3.63) is 6.42 Å². The number of urea groups is 1. The Bertz CT molecular complexity index is 1120. The van der Waals surface area contributed by atoms with Gasteiger partial charge in [-0.05, 0) is 30.2 Å². The van der Waals surface area contributed by atoms with Gasteiger partial charge in [0.1, 0.15) is 12.3 Å². The Morgan fingerprint density at radius 1 is 1.02 bits per heavy atom. The molecule has 0 aromatic heterocycles. The number of Topliss-reactive ketones (excluding diaryl/α,β-unsaturated/α-hetero) is 1. The van der Waals surface area contributed by atoms with Crippen LogP contribution in [0.5, 0.6) is 0 Å². The van der Waals surface area contributed by atoms with Gasteiger partial charge < -0.3 is 32.0 Å². The molecule has 2 saturated heterocycles. The molecule has 2 aliphatic heterocycles. The molecule has 2 aliphatic rings. The average molecular weight is 882 g/mol. The largest absolute Gasteiger partial charge is 0.367 e. The van der Waals surface area contributed by atoms with E-state index in [4.69, 9.17) is 4.74 Å². The van der Waals surface area contributed by atoms with Crippen LogP contribution < -0.4 is 21.3 Å². The summed E-state index contributed by atoms with van der Waals surface area (Å²) in [7, 11) is -0.469. The molecule has 258 valence electrons. The SMILES string of the molecule is CCCCC(NC(OC)[C@@H]1[CH-]CCN1C(=O)[C@@H](NC(=O)N[C@H](CN1CCCS1(=O)=O)C(C)(C)C)C(C)(C)C)C(=O)C(=O)NC.[U]. The molecule has 0 aliphatic carbocycles. The predicted molar refractivity (Wildman–Crippen MR) is 169 cm³/mol. The Kier molecular flexibility index (Phi) is 16.5. The first-order chi connectivity index (χ1) is 20.4. The second kappa shape index (κ2) is 17.8. The first-order valence-electron chi connectivity index (χ1n) is 15.6. The van der Waals surface area contributed by atoms with E-state index in [1.807, 2.05) is 54.9 Å². The number of likely N-dealkylation sites (N-methyl/N-ethyl adjacent to an activating group) is 1. The molecule has 2 heterocycles. The van der Waals surface area contributed by atoms with Crippen molar-refractivity contribution in [1.82, 2.24) is 30.5 Å². The van der Waals surface area contributed by atoms with E-state index in [0.717, 1.165) is 12.8 Å². The Labute approximate surface area is 293 Å². The smallest absolute Gasteiger partial charge is 0.315 e. The van der Waals surface area contributed by atoms with Crippen molar-refractivity contribution in [1.29, 1.82) is 0 Å². The Morgan fingerprint density at radius 2 is 1.67 bits per heavy atom. The van der Waals surface area contributed by atoms with Gasteiger partial charge in [-0.25, -0.2) is 13.2 Å². The number of ether oxygens (including phenoxy) is 1. The molecule has 0 spiro atoms. The number of sulfonamides is 1. The van der Waals surface area contributed by atoms with Crippen molar-refractivity contribution >= 4 is 33.7 Å². The molecular formula is C30H55N6O7SU-. The number of nitrogens with one attached hydrogen (secondary N) is 4. The van der Waals surface area contributed by atoms with Gasteiger partial charge in [0.2, 0.25) is 21.7 Å². The Hall–Kier alpha value is -1.24. The first kappa shape index (κ1) is 41.8. The van der Waals surface area contributed by atoms with Gasteiger partial charge in [-0.2, -0.15) is 10.7 Å². The monoisotopic (exact) mass is 881 g/mol. The average Bonchev–Trinajstić information content (AvgIpc) is 3.55. The van der Waals surface area contributed by atoms with Gasteiger partial charge in [-0.3, -0.25) is 19.7 Å². The Balaban J connectivity index is 0.0000101. The topological polar surface area (TPSA) is 166 Å². The summed E-state index contributed by atoms with van der Waals surface area (Å²) in [5.41, 5.74) is -1.13. The predicted octanol–water partition coefficient (Wildman–Crippen LogP) is 1.39. The molecule has 0 aromatic rings. The Morgan fingerprint density at radius 3 is 2.16 bits per heavy atom. The maximum atomic E-state index is 14.1.